The van der Waals surface area contributed by atoms with Crippen LogP contribution in [0.25, 0.3) is 6.08 Å². The van der Waals surface area contributed by atoms with Crippen LogP contribution in [-0.4, -0.2) is 0 Å². The lowest BCUT2D eigenvalue weighted by Crippen LogP contribution is -2.47. The summed E-state index contributed by atoms with van der Waals surface area (Å²) in [5.41, 5.74) is 2.76. The molecule has 0 aliphatic carbocycles. The molecule has 2 heteroatoms. The molecule has 2 aliphatic heterocycles. The van der Waals surface area contributed by atoms with Gasteiger partial charge < -0.3 is 9.47 Å². The third-order valence-corrected chi connectivity index (χ3v) is 6.47. The van der Waals surface area contributed by atoms with E-state index in [9.17, 15) is 0 Å². The van der Waals surface area contributed by atoms with E-state index in [-0.39, 0.29) is 11.8 Å². The van der Waals surface area contributed by atoms with Gasteiger partial charge in [0.05, 0.1) is 0 Å². The van der Waals surface area contributed by atoms with Gasteiger partial charge in [0.2, 0.25) is 5.79 Å². The van der Waals surface area contributed by atoms with Crippen LogP contribution in [0.5, 0.6) is 0 Å². The molecule has 2 aliphatic rings. The molecule has 2 bridgehead atoms. The molecule has 29 heavy (non-hydrogen) atoms. The van der Waals surface area contributed by atoms with Gasteiger partial charge in [-0.25, -0.2) is 0 Å². The summed E-state index contributed by atoms with van der Waals surface area (Å²) in [6.45, 7) is 4.52. The third-order valence-electron chi connectivity index (χ3n) is 6.47. The van der Waals surface area contributed by atoms with Gasteiger partial charge >= 0.3 is 0 Å². The number of rotatable bonds is 3. The summed E-state index contributed by atoms with van der Waals surface area (Å²) in [4.78, 5) is 0. The molecular weight excluding hydrogens is 356 g/mol. The highest BCUT2D eigenvalue weighted by Crippen LogP contribution is 2.63. The molecule has 1 unspecified atom stereocenters. The standard InChI is InChI=1S/C27H26O2/c1-20-18-21(2)27(24-16-10-5-11-17-24)28-25(19-22-12-6-3-7-13-22)26(20,29-27)23-14-8-4-9-15-23/h3-17,19-21H,18H2,1-2H3/b25-19-/t20?,21-,26-,27+/m1/s1. The molecule has 0 spiro atoms. The van der Waals surface area contributed by atoms with Crippen LogP contribution in [-0.2, 0) is 20.9 Å². The van der Waals surface area contributed by atoms with Crippen LogP contribution in [0.1, 0.15) is 37.0 Å². The molecule has 0 radical (unpaired) electrons. The molecule has 2 nitrogen and oxygen atoms in total. The number of fused-ring (bicyclic) bond motifs is 2. The first-order valence-corrected chi connectivity index (χ1v) is 10.4. The number of hydrogen-bond acceptors (Lipinski definition) is 2. The summed E-state index contributed by atoms with van der Waals surface area (Å²) in [7, 11) is 0. The highest BCUT2D eigenvalue weighted by atomic mass is 16.8. The van der Waals surface area contributed by atoms with Crippen LogP contribution in [0.15, 0.2) is 96.8 Å². The maximum atomic E-state index is 7.06. The Balaban J connectivity index is 1.74. The van der Waals surface area contributed by atoms with Gasteiger partial charge in [-0.2, -0.15) is 0 Å². The molecule has 0 aromatic heterocycles. The second kappa shape index (κ2) is 6.89. The molecule has 0 saturated carbocycles. The Morgan fingerprint density at radius 3 is 1.90 bits per heavy atom. The fourth-order valence-corrected chi connectivity index (χ4v) is 5.03. The molecule has 0 amide bonds. The summed E-state index contributed by atoms with van der Waals surface area (Å²) < 4.78 is 13.9. The molecular formula is C27H26O2. The second-order valence-electron chi connectivity index (χ2n) is 8.30. The van der Waals surface area contributed by atoms with Crippen molar-refractivity contribution in [3.05, 3.63) is 113 Å². The van der Waals surface area contributed by atoms with Gasteiger partial charge in [0.15, 0.2) is 5.60 Å². The predicted octanol–water partition coefficient (Wildman–Crippen LogP) is 6.50. The van der Waals surface area contributed by atoms with Gasteiger partial charge in [-0.05, 0) is 29.5 Å². The zero-order valence-electron chi connectivity index (χ0n) is 16.9. The van der Waals surface area contributed by atoms with E-state index in [2.05, 4.69) is 98.8 Å². The first-order chi connectivity index (χ1) is 14.1. The smallest absolute Gasteiger partial charge is 0.240 e. The Labute approximate surface area is 172 Å². The van der Waals surface area contributed by atoms with Gasteiger partial charge in [-0.3, -0.25) is 0 Å². The number of benzene rings is 3. The molecule has 5 rings (SSSR count). The summed E-state index contributed by atoms with van der Waals surface area (Å²) >= 11 is 0. The molecule has 146 valence electrons. The summed E-state index contributed by atoms with van der Waals surface area (Å²) in [6.07, 6.45) is 3.18. The van der Waals surface area contributed by atoms with E-state index in [0.29, 0.717) is 0 Å². The minimum absolute atomic E-state index is 0.235. The Bertz CT molecular complexity index is 1010. The average Bonchev–Trinajstić information content (AvgIpc) is 3.09. The maximum absolute atomic E-state index is 7.06. The van der Waals surface area contributed by atoms with Crippen molar-refractivity contribution in [2.45, 2.75) is 31.7 Å². The zero-order chi connectivity index (χ0) is 19.9. The zero-order valence-corrected chi connectivity index (χ0v) is 16.9. The lowest BCUT2D eigenvalue weighted by atomic mass is 9.72. The van der Waals surface area contributed by atoms with Crippen molar-refractivity contribution in [3.8, 4) is 0 Å². The Morgan fingerprint density at radius 1 is 0.724 bits per heavy atom. The SMILES string of the molecule is CC1C[C@@H](C)[C@]2(c3ccccc3)O/C(=C\c3ccccc3)[C@@]1(c1ccccc1)O2. The first-order valence-electron chi connectivity index (χ1n) is 10.4. The van der Waals surface area contributed by atoms with Crippen molar-refractivity contribution in [1.29, 1.82) is 0 Å². The second-order valence-corrected chi connectivity index (χ2v) is 8.30. The molecule has 3 aromatic rings. The van der Waals surface area contributed by atoms with Crippen LogP contribution in [0.4, 0.5) is 0 Å². The minimum Gasteiger partial charge on any atom is -0.459 e. The fraction of sp³-hybridized carbons (Fsp3) is 0.259. The number of ether oxygens (including phenoxy) is 2. The normalized spacial score (nSPS) is 32.1. The largest absolute Gasteiger partial charge is 0.459 e. The van der Waals surface area contributed by atoms with Gasteiger partial charge in [0.1, 0.15) is 5.76 Å². The Kier molecular flexibility index (Phi) is 4.33. The van der Waals surface area contributed by atoms with Crippen LogP contribution in [0, 0.1) is 11.8 Å². The van der Waals surface area contributed by atoms with Gasteiger partial charge in [0.25, 0.3) is 0 Å². The predicted molar refractivity (Wildman–Crippen MR) is 116 cm³/mol. The van der Waals surface area contributed by atoms with E-state index < -0.39 is 11.4 Å². The van der Waals surface area contributed by atoms with Gasteiger partial charge in [-0.15, -0.1) is 0 Å². The average molecular weight is 383 g/mol. The Hall–Kier alpha value is -2.84. The van der Waals surface area contributed by atoms with Crippen molar-refractivity contribution >= 4 is 6.08 Å². The molecule has 2 saturated heterocycles. The highest BCUT2D eigenvalue weighted by molar-refractivity contribution is 5.56. The molecule has 4 atom stereocenters. The lowest BCUT2D eigenvalue weighted by molar-refractivity contribution is -0.266. The minimum atomic E-state index is -0.774. The van der Waals surface area contributed by atoms with E-state index in [1.807, 2.05) is 12.1 Å². The van der Waals surface area contributed by atoms with Crippen LogP contribution in [0.2, 0.25) is 0 Å². The molecule has 3 aromatic carbocycles. The van der Waals surface area contributed by atoms with E-state index in [1.165, 1.54) is 0 Å². The van der Waals surface area contributed by atoms with Crippen LogP contribution < -0.4 is 0 Å². The summed E-state index contributed by atoms with van der Waals surface area (Å²) in [5.74, 6) is 0.646. The molecule has 0 N–H and O–H groups in total. The van der Waals surface area contributed by atoms with Crippen molar-refractivity contribution in [2.75, 3.05) is 0 Å². The maximum Gasteiger partial charge on any atom is 0.240 e. The van der Waals surface area contributed by atoms with E-state index in [1.54, 1.807) is 0 Å². The van der Waals surface area contributed by atoms with Crippen LogP contribution >= 0.6 is 0 Å². The van der Waals surface area contributed by atoms with Crippen molar-refractivity contribution in [3.63, 3.8) is 0 Å². The molecule has 2 heterocycles. The third kappa shape index (κ3) is 2.74. The van der Waals surface area contributed by atoms with Gasteiger partial charge in [-0.1, -0.05) is 105 Å². The van der Waals surface area contributed by atoms with E-state index >= 15 is 0 Å². The van der Waals surface area contributed by atoms with Crippen LogP contribution in [0.3, 0.4) is 0 Å². The quantitative estimate of drug-likeness (QED) is 0.515. The highest BCUT2D eigenvalue weighted by Gasteiger charge is 2.65. The van der Waals surface area contributed by atoms with Crippen molar-refractivity contribution in [1.82, 2.24) is 0 Å². The van der Waals surface area contributed by atoms with Crippen molar-refractivity contribution < 1.29 is 9.47 Å². The fourth-order valence-electron chi connectivity index (χ4n) is 5.03. The van der Waals surface area contributed by atoms with Gasteiger partial charge in [0, 0.05) is 11.5 Å². The molecule has 2 fully saturated rings. The summed E-state index contributed by atoms with van der Waals surface area (Å²) in [6, 6.07) is 31.3. The number of hydrogen-bond donors (Lipinski definition) is 0. The Morgan fingerprint density at radius 2 is 1.28 bits per heavy atom. The first kappa shape index (κ1) is 18.2. The van der Waals surface area contributed by atoms with E-state index in [0.717, 1.165) is 28.9 Å². The lowest BCUT2D eigenvalue weighted by Gasteiger charge is -2.44. The topological polar surface area (TPSA) is 18.5 Å². The summed E-state index contributed by atoms with van der Waals surface area (Å²) in [5, 5.41) is 0. The monoisotopic (exact) mass is 382 g/mol. The van der Waals surface area contributed by atoms with Crippen molar-refractivity contribution in [2.24, 2.45) is 11.8 Å². The van der Waals surface area contributed by atoms with E-state index in [4.69, 9.17) is 9.47 Å².